The molecule has 0 rings (SSSR count). The number of nitro groups is 1. The van der Waals surface area contributed by atoms with Crippen LogP contribution in [0.3, 0.4) is 0 Å². The average Bonchev–Trinajstić information content (AvgIpc) is 1.86. The highest BCUT2D eigenvalue weighted by atomic mass is 16.7. The molecule has 0 fully saturated rings. The molecule has 0 heterocycles. The highest BCUT2D eigenvalue weighted by Crippen LogP contribution is 1.76. The molecule has 0 spiro atoms. The Hall–Kier alpha value is -1.33. The lowest BCUT2D eigenvalue weighted by Gasteiger charge is -1.89. The minimum absolute atomic E-state index is 0.0107. The van der Waals surface area contributed by atoms with E-state index in [0.29, 0.717) is 6.54 Å². The second-order valence-corrected chi connectivity index (χ2v) is 2.06. The van der Waals surface area contributed by atoms with Crippen molar-refractivity contribution in [1.82, 2.24) is 5.43 Å². The fourth-order valence-corrected chi connectivity index (χ4v) is 0.538. The Kier molecular flexibility index (Phi) is 4.80. The van der Waals surface area contributed by atoms with Gasteiger partial charge < -0.3 is 0 Å². The summed E-state index contributed by atoms with van der Waals surface area (Å²) in [5.74, 6) is -0.0107. The van der Waals surface area contributed by atoms with Crippen LogP contribution in [0.5, 0.6) is 0 Å². The molecule has 0 radical (unpaired) electrons. The largest absolute Gasteiger partial charge is 0.403 e. The van der Waals surface area contributed by atoms with Crippen molar-refractivity contribution >= 4 is 5.96 Å². The van der Waals surface area contributed by atoms with Gasteiger partial charge in [0.1, 0.15) is 0 Å². The molecule has 0 amide bonds. The Morgan fingerprint density at radius 2 is 2.45 bits per heavy atom. The summed E-state index contributed by atoms with van der Waals surface area (Å²) >= 11 is 0. The van der Waals surface area contributed by atoms with Crippen molar-refractivity contribution in [2.45, 2.75) is 19.8 Å². The lowest BCUT2D eigenvalue weighted by molar-refractivity contribution is -0.547. The molecule has 6 heteroatoms. The van der Waals surface area contributed by atoms with Crippen molar-refractivity contribution in [2.24, 2.45) is 5.73 Å². The molecule has 0 aliphatic heterocycles. The van der Waals surface area contributed by atoms with Crippen LogP contribution < -0.4 is 16.2 Å². The van der Waals surface area contributed by atoms with Gasteiger partial charge in [0.15, 0.2) is 0 Å². The third kappa shape index (κ3) is 6.56. The van der Waals surface area contributed by atoms with Crippen LogP contribution in [0.2, 0.25) is 0 Å². The second-order valence-electron chi connectivity index (χ2n) is 2.06. The number of hydrogen-bond acceptors (Lipinski definition) is 2. The summed E-state index contributed by atoms with van der Waals surface area (Å²) < 4.78 is 0. The van der Waals surface area contributed by atoms with E-state index < -0.39 is 5.03 Å². The Morgan fingerprint density at radius 3 is 2.91 bits per heavy atom. The zero-order valence-corrected chi connectivity index (χ0v) is 6.46. The Bertz CT molecular complexity index is 157. The molecule has 6 nitrogen and oxygen atoms in total. The first-order valence-electron chi connectivity index (χ1n) is 3.44. The van der Waals surface area contributed by atoms with Crippen molar-refractivity contribution in [2.75, 3.05) is 6.54 Å². The minimum atomic E-state index is -0.700. The summed E-state index contributed by atoms with van der Waals surface area (Å²) in [6.45, 7) is 2.68. The minimum Gasteiger partial charge on any atom is -0.286 e. The van der Waals surface area contributed by atoms with Gasteiger partial charge in [-0.25, -0.2) is 10.1 Å². The van der Waals surface area contributed by atoms with Gasteiger partial charge in [-0.15, -0.1) is 0 Å². The zero-order chi connectivity index (χ0) is 8.69. The number of nitrogens with zero attached hydrogens (tertiary/aromatic N) is 1. The smallest absolute Gasteiger partial charge is 0.286 e. The van der Waals surface area contributed by atoms with Gasteiger partial charge in [-0.1, -0.05) is 13.3 Å². The lowest BCUT2D eigenvalue weighted by atomic mass is 10.3. The molecule has 0 bridgehead atoms. The van der Waals surface area contributed by atoms with Crippen molar-refractivity contribution in [3.63, 3.8) is 0 Å². The highest BCUT2D eigenvalue weighted by Gasteiger charge is 2.04. The standard InChI is InChI=1S/C5H12N4O2/c1-2-3-4-7-5(6)8-9(10)11/h2-4H2,1H3,(H3,6,7,8)/p+1. The van der Waals surface area contributed by atoms with Gasteiger partial charge in [0, 0.05) is 5.43 Å². The summed E-state index contributed by atoms with van der Waals surface area (Å²) in [4.78, 5) is 12.5. The van der Waals surface area contributed by atoms with Crippen molar-refractivity contribution in [1.29, 1.82) is 0 Å². The van der Waals surface area contributed by atoms with E-state index in [4.69, 9.17) is 5.73 Å². The quantitative estimate of drug-likeness (QED) is 0.145. The number of rotatable bonds is 4. The molecule has 4 N–H and O–H groups in total. The molecule has 0 aliphatic rings. The van der Waals surface area contributed by atoms with Gasteiger partial charge in [0.2, 0.25) is 5.03 Å². The molecule has 11 heavy (non-hydrogen) atoms. The summed E-state index contributed by atoms with van der Waals surface area (Å²) in [5, 5.41) is 9.10. The molecule has 64 valence electrons. The first-order valence-corrected chi connectivity index (χ1v) is 3.44. The van der Waals surface area contributed by atoms with Crippen LogP contribution in [0.25, 0.3) is 0 Å². The Labute approximate surface area is 64.6 Å². The van der Waals surface area contributed by atoms with Gasteiger partial charge in [-0.05, 0) is 6.42 Å². The zero-order valence-electron chi connectivity index (χ0n) is 6.46. The molecular weight excluding hydrogens is 148 g/mol. The van der Waals surface area contributed by atoms with Crippen LogP contribution in [0.4, 0.5) is 0 Å². The van der Waals surface area contributed by atoms with Gasteiger partial charge >= 0.3 is 5.96 Å². The number of hydrogen-bond donors (Lipinski definition) is 3. The van der Waals surface area contributed by atoms with E-state index in [1.807, 2.05) is 12.3 Å². The predicted molar refractivity (Wildman–Crippen MR) is 40.1 cm³/mol. The Morgan fingerprint density at radius 1 is 1.82 bits per heavy atom. The van der Waals surface area contributed by atoms with Crippen LogP contribution in [0, 0.1) is 10.1 Å². The molecule has 0 saturated heterocycles. The maximum absolute atomic E-state index is 9.80. The number of nitrogens with two attached hydrogens (primary N) is 1. The third-order valence-corrected chi connectivity index (χ3v) is 1.06. The number of guanidine groups is 1. The van der Waals surface area contributed by atoms with Crippen molar-refractivity contribution in [3.8, 4) is 0 Å². The summed E-state index contributed by atoms with van der Waals surface area (Å²) in [6.07, 6.45) is 1.97. The van der Waals surface area contributed by atoms with E-state index in [1.54, 1.807) is 0 Å². The van der Waals surface area contributed by atoms with Crippen LogP contribution in [0.15, 0.2) is 0 Å². The molecule has 0 atom stereocenters. The molecule has 0 aromatic heterocycles. The van der Waals surface area contributed by atoms with Gasteiger partial charge in [0.05, 0.1) is 6.54 Å². The fraction of sp³-hybridized carbons (Fsp3) is 0.800. The first-order chi connectivity index (χ1) is 5.16. The number of hydrazine groups is 1. The van der Waals surface area contributed by atoms with Crippen molar-refractivity contribution < 1.29 is 10.0 Å². The summed E-state index contributed by atoms with van der Waals surface area (Å²) in [7, 11) is 0. The summed E-state index contributed by atoms with van der Waals surface area (Å²) in [6, 6.07) is 0. The van der Waals surface area contributed by atoms with Gasteiger partial charge in [-0.2, -0.15) is 0 Å². The maximum atomic E-state index is 9.80. The molecule has 0 unspecified atom stereocenters. The summed E-state index contributed by atoms with van der Waals surface area (Å²) in [5.41, 5.74) is 6.98. The molecule has 0 aromatic carbocycles. The van der Waals surface area contributed by atoms with E-state index >= 15 is 0 Å². The molecule has 0 aromatic rings. The van der Waals surface area contributed by atoms with E-state index in [0.717, 1.165) is 12.8 Å². The topological polar surface area (TPSA) is 95.2 Å². The van der Waals surface area contributed by atoms with E-state index in [9.17, 15) is 10.1 Å². The average molecular weight is 161 g/mol. The predicted octanol–water partition coefficient (Wildman–Crippen LogP) is -2.04. The van der Waals surface area contributed by atoms with Gasteiger partial charge in [0.25, 0.3) is 0 Å². The van der Waals surface area contributed by atoms with Crippen LogP contribution in [0.1, 0.15) is 19.8 Å². The van der Waals surface area contributed by atoms with Crippen LogP contribution in [-0.2, 0) is 0 Å². The first kappa shape index (κ1) is 9.67. The molecule has 0 saturated carbocycles. The van der Waals surface area contributed by atoms with Crippen LogP contribution in [-0.4, -0.2) is 17.5 Å². The van der Waals surface area contributed by atoms with Crippen molar-refractivity contribution in [3.05, 3.63) is 10.1 Å². The van der Waals surface area contributed by atoms with E-state index in [2.05, 4.69) is 4.99 Å². The molecular formula is C5H13N4O2+. The maximum Gasteiger partial charge on any atom is 0.403 e. The highest BCUT2D eigenvalue weighted by molar-refractivity contribution is 5.70. The monoisotopic (exact) mass is 161 g/mol. The van der Waals surface area contributed by atoms with E-state index in [1.165, 1.54) is 0 Å². The number of nitrogens with one attached hydrogen (secondary N) is 2. The second kappa shape index (κ2) is 5.45. The molecule has 0 aliphatic carbocycles. The SMILES string of the molecule is CCCC[NH+]=C(N)N[N+](=O)[O-]. The normalized spacial score (nSPS) is 11.2. The lowest BCUT2D eigenvalue weighted by Crippen LogP contribution is -2.79. The number of unbranched alkanes of at least 4 members (excludes halogenated alkanes) is 1. The van der Waals surface area contributed by atoms with E-state index in [-0.39, 0.29) is 5.96 Å². The van der Waals surface area contributed by atoms with Gasteiger partial charge in [-0.3, -0.25) is 10.7 Å². The fourth-order valence-electron chi connectivity index (χ4n) is 0.538. The Balaban J connectivity index is 3.54. The third-order valence-electron chi connectivity index (χ3n) is 1.06. The van der Waals surface area contributed by atoms with Crippen LogP contribution >= 0.6 is 0 Å².